The molecule has 0 bridgehead atoms. The third-order valence-electron chi connectivity index (χ3n) is 4.27. The zero-order chi connectivity index (χ0) is 17.8. The second kappa shape index (κ2) is 7.39. The fraction of sp³-hybridized carbons (Fsp3) is 0.438. The van der Waals surface area contributed by atoms with Crippen molar-refractivity contribution >= 4 is 17.5 Å². The first kappa shape index (κ1) is 17.0. The number of nitrogens with one attached hydrogen (secondary N) is 2. The molecular formula is C16H20N6O3. The molecule has 0 unspecified atom stereocenters. The van der Waals surface area contributed by atoms with Crippen LogP contribution in [0.3, 0.4) is 0 Å². The highest BCUT2D eigenvalue weighted by molar-refractivity contribution is 5.91. The molecule has 132 valence electrons. The van der Waals surface area contributed by atoms with Crippen molar-refractivity contribution in [2.45, 2.75) is 25.2 Å². The Bertz CT molecular complexity index is 782. The molecule has 1 aliphatic heterocycles. The van der Waals surface area contributed by atoms with Gasteiger partial charge in [0.1, 0.15) is 0 Å². The number of carbonyl (C=O) groups is 1. The van der Waals surface area contributed by atoms with Crippen LogP contribution in [-0.2, 0) is 18.3 Å². The Morgan fingerprint density at radius 3 is 2.84 bits per heavy atom. The van der Waals surface area contributed by atoms with Gasteiger partial charge in [-0.15, -0.1) is 0 Å². The molecule has 2 heterocycles. The second-order valence-corrected chi connectivity index (χ2v) is 6.05. The maximum Gasteiger partial charge on any atom is 0.273 e. The fourth-order valence-corrected chi connectivity index (χ4v) is 2.95. The van der Waals surface area contributed by atoms with Crippen molar-refractivity contribution in [2.75, 3.05) is 18.4 Å². The molecule has 0 atom stereocenters. The highest BCUT2D eigenvalue weighted by Gasteiger charge is 2.22. The van der Waals surface area contributed by atoms with Gasteiger partial charge in [-0.25, -0.2) is 4.68 Å². The van der Waals surface area contributed by atoms with E-state index in [1.54, 1.807) is 25.2 Å². The van der Waals surface area contributed by atoms with Gasteiger partial charge in [-0.2, -0.15) is 10.1 Å². The van der Waals surface area contributed by atoms with Crippen LogP contribution < -0.4 is 10.6 Å². The normalized spacial score (nSPS) is 15.1. The van der Waals surface area contributed by atoms with Crippen molar-refractivity contribution in [3.8, 4) is 0 Å². The van der Waals surface area contributed by atoms with E-state index in [1.165, 1.54) is 10.7 Å². The van der Waals surface area contributed by atoms with Crippen LogP contribution >= 0.6 is 0 Å². The molecule has 2 aromatic rings. The number of aryl methyl sites for hydroxylation is 1. The van der Waals surface area contributed by atoms with Gasteiger partial charge in [-0.05, 0) is 25.9 Å². The summed E-state index contributed by atoms with van der Waals surface area (Å²) in [5.41, 5.74) is 0.303. The summed E-state index contributed by atoms with van der Waals surface area (Å²) in [6.45, 7) is 1.87. The smallest absolute Gasteiger partial charge is 0.273 e. The summed E-state index contributed by atoms with van der Waals surface area (Å²) in [7, 11) is 1.72. The maximum atomic E-state index is 12.3. The Balaban J connectivity index is 1.69. The zero-order valence-corrected chi connectivity index (χ0v) is 13.9. The standard InChI is InChI=1S/C16H20N6O3/c1-21-16(19-15(20-21)11-6-8-17-9-7-11)18-14(23)10-12-4-2-3-5-13(12)22(24)25/h2-5,11,17H,6-10H2,1H3,(H,18,19,20,23). The van der Waals surface area contributed by atoms with E-state index in [1.807, 2.05) is 0 Å². The lowest BCUT2D eigenvalue weighted by atomic mass is 9.98. The van der Waals surface area contributed by atoms with Crippen LogP contribution in [0.1, 0.15) is 30.1 Å². The molecule has 9 heteroatoms. The lowest BCUT2D eigenvalue weighted by Gasteiger charge is -2.19. The number of nitrogens with zero attached hydrogens (tertiary/aromatic N) is 4. The molecule has 1 aromatic carbocycles. The number of carbonyl (C=O) groups excluding carboxylic acids is 1. The first-order valence-electron chi connectivity index (χ1n) is 8.18. The van der Waals surface area contributed by atoms with E-state index in [-0.39, 0.29) is 23.9 Å². The number of para-hydroxylation sites is 1. The first-order valence-corrected chi connectivity index (χ1v) is 8.18. The molecule has 0 spiro atoms. The molecule has 2 N–H and O–H groups in total. The Hall–Kier alpha value is -2.81. The van der Waals surface area contributed by atoms with Crippen LogP contribution in [0.2, 0.25) is 0 Å². The molecule has 0 saturated carbocycles. The minimum atomic E-state index is -0.486. The highest BCUT2D eigenvalue weighted by atomic mass is 16.6. The first-order chi connectivity index (χ1) is 12.0. The van der Waals surface area contributed by atoms with Crippen molar-refractivity contribution in [1.29, 1.82) is 0 Å². The summed E-state index contributed by atoms with van der Waals surface area (Å²) >= 11 is 0. The average molecular weight is 344 g/mol. The Morgan fingerprint density at radius 1 is 1.40 bits per heavy atom. The Labute approximate surface area is 144 Å². The largest absolute Gasteiger partial charge is 0.317 e. The Kier molecular flexibility index (Phi) is 5.03. The number of hydrogen-bond acceptors (Lipinski definition) is 6. The van der Waals surface area contributed by atoms with Gasteiger partial charge in [0.15, 0.2) is 5.82 Å². The van der Waals surface area contributed by atoms with Gasteiger partial charge in [0.05, 0.1) is 11.3 Å². The third-order valence-corrected chi connectivity index (χ3v) is 4.27. The Morgan fingerprint density at radius 2 is 2.12 bits per heavy atom. The topological polar surface area (TPSA) is 115 Å². The van der Waals surface area contributed by atoms with E-state index in [4.69, 9.17) is 0 Å². The van der Waals surface area contributed by atoms with E-state index in [0.717, 1.165) is 31.8 Å². The van der Waals surface area contributed by atoms with Crippen molar-refractivity contribution in [2.24, 2.45) is 7.05 Å². The molecule has 1 fully saturated rings. The maximum absolute atomic E-state index is 12.3. The van der Waals surface area contributed by atoms with E-state index in [0.29, 0.717) is 11.5 Å². The van der Waals surface area contributed by atoms with E-state index in [9.17, 15) is 14.9 Å². The summed E-state index contributed by atoms with van der Waals surface area (Å²) in [6.07, 6.45) is 1.84. The molecule has 1 aromatic heterocycles. The molecule has 0 aliphatic carbocycles. The molecule has 1 aliphatic rings. The van der Waals surface area contributed by atoms with Gasteiger partial charge in [0.25, 0.3) is 5.69 Å². The number of nitro benzene ring substituents is 1. The highest BCUT2D eigenvalue weighted by Crippen LogP contribution is 2.23. The van der Waals surface area contributed by atoms with E-state index >= 15 is 0 Å². The minimum Gasteiger partial charge on any atom is -0.317 e. The number of hydrogen-bond donors (Lipinski definition) is 2. The van der Waals surface area contributed by atoms with Crippen LogP contribution in [-0.4, -0.2) is 38.7 Å². The average Bonchev–Trinajstić information content (AvgIpc) is 2.96. The number of benzene rings is 1. The number of piperidine rings is 1. The van der Waals surface area contributed by atoms with Crippen LogP contribution in [0.5, 0.6) is 0 Å². The number of nitro groups is 1. The van der Waals surface area contributed by atoms with Crippen LogP contribution in [0.4, 0.5) is 11.6 Å². The second-order valence-electron chi connectivity index (χ2n) is 6.05. The number of amides is 1. The van der Waals surface area contributed by atoms with Gasteiger partial charge >= 0.3 is 0 Å². The van der Waals surface area contributed by atoms with Crippen molar-refractivity contribution < 1.29 is 9.72 Å². The predicted octanol–water partition coefficient (Wildman–Crippen LogP) is 1.37. The molecule has 1 amide bonds. The number of rotatable bonds is 5. The van der Waals surface area contributed by atoms with Crippen molar-refractivity contribution in [3.63, 3.8) is 0 Å². The monoisotopic (exact) mass is 344 g/mol. The number of aromatic nitrogens is 3. The summed E-state index contributed by atoms with van der Waals surface area (Å²) in [5, 5.41) is 21.4. The molecule has 25 heavy (non-hydrogen) atoms. The van der Waals surface area contributed by atoms with Crippen molar-refractivity contribution in [1.82, 2.24) is 20.1 Å². The summed E-state index contributed by atoms with van der Waals surface area (Å²) in [6, 6.07) is 6.22. The molecule has 9 nitrogen and oxygen atoms in total. The van der Waals surface area contributed by atoms with Crippen LogP contribution in [0.25, 0.3) is 0 Å². The third kappa shape index (κ3) is 4.00. The van der Waals surface area contributed by atoms with Gasteiger partial charge in [-0.3, -0.25) is 20.2 Å². The van der Waals surface area contributed by atoms with Gasteiger partial charge in [0, 0.05) is 24.6 Å². The SMILES string of the molecule is Cn1nc(C2CCNCC2)nc1NC(=O)Cc1ccccc1[N+](=O)[O-]. The summed E-state index contributed by atoms with van der Waals surface area (Å²) in [5.74, 6) is 1.01. The molecule has 0 radical (unpaired) electrons. The quantitative estimate of drug-likeness (QED) is 0.625. The van der Waals surface area contributed by atoms with E-state index in [2.05, 4.69) is 20.7 Å². The van der Waals surface area contributed by atoms with Crippen LogP contribution in [0, 0.1) is 10.1 Å². The van der Waals surface area contributed by atoms with Gasteiger partial charge in [0.2, 0.25) is 11.9 Å². The predicted molar refractivity (Wildman–Crippen MR) is 91.3 cm³/mol. The van der Waals surface area contributed by atoms with E-state index < -0.39 is 4.92 Å². The van der Waals surface area contributed by atoms with Gasteiger partial charge in [-0.1, -0.05) is 18.2 Å². The zero-order valence-electron chi connectivity index (χ0n) is 13.9. The van der Waals surface area contributed by atoms with Crippen molar-refractivity contribution in [3.05, 3.63) is 45.8 Å². The fourth-order valence-electron chi connectivity index (χ4n) is 2.95. The van der Waals surface area contributed by atoms with Gasteiger partial charge < -0.3 is 5.32 Å². The number of anilines is 1. The molecule has 3 rings (SSSR count). The molecule has 1 saturated heterocycles. The molecular weight excluding hydrogens is 324 g/mol. The summed E-state index contributed by atoms with van der Waals surface area (Å²) < 4.78 is 1.54. The summed E-state index contributed by atoms with van der Waals surface area (Å²) in [4.78, 5) is 27.3. The lowest BCUT2D eigenvalue weighted by Crippen LogP contribution is -2.27. The van der Waals surface area contributed by atoms with Crippen LogP contribution in [0.15, 0.2) is 24.3 Å². The minimum absolute atomic E-state index is 0.0639. The lowest BCUT2D eigenvalue weighted by molar-refractivity contribution is -0.385.